The number of piperazine rings is 1. The maximum atomic E-state index is 12.9. The van der Waals surface area contributed by atoms with Gasteiger partial charge in [-0.15, -0.1) is 11.8 Å². The molecular formula is C22H29N3O4S2. The van der Waals surface area contributed by atoms with Gasteiger partial charge in [-0.1, -0.05) is 0 Å². The van der Waals surface area contributed by atoms with Gasteiger partial charge in [0.05, 0.1) is 11.6 Å². The van der Waals surface area contributed by atoms with Crippen LogP contribution in [0.3, 0.4) is 0 Å². The van der Waals surface area contributed by atoms with Gasteiger partial charge in [-0.25, -0.2) is 13.4 Å². The standard InChI is InChI=1S/C22H29N3O4S2/c1-4-28-20-12-17-11-16(2)29-21(17)13-18(20)15-30-22-6-5-19(14-23-22)31(26,27)25-9-7-24(3)8-10-25/h5-6,12-14,16H,4,7-11,15H2,1-3H3. The predicted molar refractivity (Wildman–Crippen MR) is 121 cm³/mol. The number of likely N-dealkylation sites (N-methyl/N-ethyl adjacent to an activating group) is 1. The minimum atomic E-state index is -3.50. The van der Waals surface area contributed by atoms with E-state index in [9.17, 15) is 8.42 Å². The van der Waals surface area contributed by atoms with Crippen molar-refractivity contribution < 1.29 is 17.9 Å². The molecule has 1 saturated heterocycles. The number of aromatic nitrogens is 1. The molecule has 0 saturated carbocycles. The fraction of sp³-hybridized carbons (Fsp3) is 0.500. The normalized spacial score (nSPS) is 19.8. The molecule has 7 nitrogen and oxygen atoms in total. The first-order valence-electron chi connectivity index (χ1n) is 10.6. The molecule has 0 bridgehead atoms. The van der Waals surface area contributed by atoms with E-state index in [0.29, 0.717) is 25.4 Å². The van der Waals surface area contributed by atoms with Gasteiger partial charge in [0.2, 0.25) is 10.0 Å². The van der Waals surface area contributed by atoms with Gasteiger partial charge in [0.1, 0.15) is 22.5 Å². The molecule has 2 aliphatic heterocycles. The Bertz CT molecular complexity index is 1020. The number of thioether (sulfide) groups is 1. The van der Waals surface area contributed by atoms with E-state index in [-0.39, 0.29) is 11.0 Å². The van der Waals surface area contributed by atoms with Crippen molar-refractivity contribution in [3.8, 4) is 11.5 Å². The van der Waals surface area contributed by atoms with E-state index in [1.807, 2.05) is 14.0 Å². The average Bonchev–Trinajstić information content (AvgIpc) is 3.11. The van der Waals surface area contributed by atoms with E-state index in [2.05, 4.69) is 28.9 Å². The van der Waals surface area contributed by atoms with Crippen molar-refractivity contribution in [1.29, 1.82) is 0 Å². The van der Waals surface area contributed by atoms with Gasteiger partial charge in [0, 0.05) is 55.7 Å². The number of ether oxygens (including phenoxy) is 2. The van der Waals surface area contributed by atoms with E-state index in [0.717, 1.165) is 41.6 Å². The van der Waals surface area contributed by atoms with Crippen LogP contribution >= 0.6 is 11.8 Å². The molecule has 1 fully saturated rings. The number of hydrogen-bond acceptors (Lipinski definition) is 7. The first-order valence-corrected chi connectivity index (χ1v) is 13.0. The summed E-state index contributed by atoms with van der Waals surface area (Å²) in [6.07, 6.45) is 2.55. The van der Waals surface area contributed by atoms with Crippen molar-refractivity contribution in [2.75, 3.05) is 39.8 Å². The fourth-order valence-corrected chi connectivity index (χ4v) is 6.01. The van der Waals surface area contributed by atoms with Crippen LogP contribution in [-0.4, -0.2) is 68.5 Å². The van der Waals surface area contributed by atoms with Crippen LogP contribution in [-0.2, 0) is 22.2 Å². The molecule has 1 unspecified atom stereocenters. The van der Waals surface area contributed by atoms with Crippen LogP contribution in [0.5, 0.6) is 11.5 Å². The summed E-state index contributed by atoms with van der Waals surface area (Å²) in [6, 6.07) is 7.57. The Morgan fingerprint density at radius 1 is 1.23 bits per heavy atom. The summed E-state index contributed by atoms with van der Waals surface area (Å²) in [5, 5.41) is 0.773. The zero-order valence-electron chi connectivity index (χ0n) is 18.2. The maximum absolute atomic E-state index is 12.9. The lowest BCUT2D eigenvalue weighted by molar-refractivity contribution is 0.222. The van der Waals surface area contributed by atoms with Gasteiger partial charge >= 0.3 is 0 Å². The molecule has 1 atom stereocenters. The van der Waals surface area contributed by atoms with Gasteiger partial charge in [-0.05, 0) is 45.2 Å². The number of benzene rings is 1. The minimum Gasteiger partial charge on any atom is -0.494 e. The van der Waals surface area contributed by atoms with E-state index in [4.69, 9.17) is 9.47 Å². The topological polar surface area (TPSA) is 72.0 Å². The van der Waals surface area contributed by atoms with Crippen molar-refractivity contribution >= 4 is 21.8 Å². The van der Waals surface area contributed by atoms with Crippen LogP contribution in [0, 0.1) is 0 Å². The lowest BCUT2D eigenvalue weighted by atomic mass is 10.1. The molecule has 0 radical (unpaired) electrons. The highest BCUT2D eigenvalue weighted by molar-refractivity contribution is 7.98. The average molecular weight is 464 g/mol. The Balaban J connectivity index is 1.45. The lowest BCUT2D eigenvalue weighted by Gasteiger charge is -2.31. The molecule has 9 heteroatoms. The molecule has 0 N–H and O–H groups in total. The summed E-state index contributed by atoms with van der Waals surface area (Å²) in [7, 11) is -1.49. The monoisotopic (exact) mass is 463 g/mol. The molecule has 0 spiro atoms. The number of fused-ring (bicyclic) bond motifs is 1. The van der Waals surface area contributed by atoms with Gasteiger partial charge in [-0.3, -0.25) is 0 Å². The predicted octanol–water partition coefficient (Wildman–Crippen LogP) is 3.03. The molecule has 4 rings (SSSR count). The number of hydrogen-bond donors (Lipinski definition) is 0. The highest BCUT2D eigenvalue weighted by atomic mass is 32.2. The molecule has 1 aromatic heterocycles. The van der Waals surface area contributed by atoms with Crippen LogP contribution in [0.4, 0.5) is 0 Å². The molecule has 2 aromatic rings. The van der Waals surface area contributed by atoms with Crippen molar-refractivity contribution in [3.05, 3.63) is 41.6 Å². The summed E-state index contributed by atoms with van der Waals surface area (Å²) < 4.78 is 39.0. The van der Waals surface area contributed by atoms with E-state index in [1.54, 1.807) is 23.9 Å². The zero-order valence-corrected chi connectivity index (χ0v) is 19.8. The summed E-state index contributed by atoms with van der Waals surface area (Å²) in [5.41, 5.74) is 2.23. The zero-order chi connectivity index (χ0) is 22.0. The second kappa shape index (κ2) is 9.36. The lowest BCUT2D eigenvalue weighted by Crippen LogP contribution is -2.47. The number of pyridine rings is 1. The van der Waals surface area contributed by atoms with Crippen LogP contribution in [0.15, 0.2) is 40.4 Å². The smallest absolute Gasteiger partial charge is 0.244 e. The van der Waals surface area contributed by atoms with Crippen molar-refractivity contribution in [2.24, 2.45) is 0 Å². The largest absolute Gasteiger partial charge is 0.494 e. The third kappa shape index (κ3) is 5.00. The van der Waals surface area contributed by atoms with Crippen molar-refractivity contribution in [2.45, 2.75) is 42.0 Å². The van der Waals surface area contributed by atoms with Gasteiger partial charge in [0.15, 0.2) is 0 Å². The quantitative estimate of drug-likeness (QED) is 0.585. The maximum Gasteiger partial charge on any atom is 0.244 e. The van der Waals surface area contributed by atoms with Gasteiger partial charge in [-0.2, -0.15) is 4.31 Å². The molecule has 1 aromatic carbocycles. The van der Waals surface area contributed by atoms with Crippen molar-refractivity contribution in [3.63, 3.8) is 0 Å². The molecule has 168 valence electrons. The summed E-state index contributed by atoms with van der Waals surface area (Å²) in [4.78, 5) is 6.78. The van der Waals surface area contributed by atoms with Crippen LogP contribution in [0.25, 0.3) is 0 Å². The minimum absolute atomic E-state index is 0.184. The Hall–Kier alpha value is -1.81. The Morgan fingerprint density at radius 2 is 2.00 bits per heavy atom. The number of nitrogens with zero attached hydrogens (tertiary/aromatic N) is 3. The molecule has 0 amide bonds. The number of sulfonamides is 1. The SMILES string of the molecule is CCOc1cc2c(cc1CSc1ccc(S(=O)(=O)N3CCN(C)CC3)cn1)OC(C)C2. The summed E-state index contributed by atoms with van der Waals surface area (Å²) >= 11 is 1.55. The second-order valence-electron chi connectivity index (χ2n) is 7.96. The number of rotatable bonds is 7. The molecule has 3 heterocycles. The highest BCUT2D eigenvalue weighted by Crippen LogP contribution is 2.37. The summed E-state index contributed by atoms with van der Waals surface area (Å²) in [5.74, 6) is 2.46. The van der Waals surface area contributed by atoms with Gasteiger partial charge in [0.25, 0.3) is 0 Å². The summed E-state index contributed by atoms with van der Waals surface area (Å²) in [6.45, 7) is 7.14. The fourth-order valence-electron chi connectivity index (χ4n) is 3.82. The van der Waals surface area contributed by atoms with E-state index >= 15 is 0 Å². The Labute approximate surface area is 188 Å². The third-order valence-corrected chi connectivity index (χ3v) is 8.44. The van der Waals surface area contributed by atoms with E-state index < -0.39 is 10.0 Å². The van der Waals surface area contributed by atoms with Crippen LogP contribution in [0.2, 0.25) is 0 Å². The molecule has 0 aliphatic carbocycles. The highest BCUT2D eigenvalue weighted by Gasteiger charge is 2.28. The third-order valence-electron chi connectivity index (χ3n) is 5.56. The van der Waals surface area contributed by atoms with Crippen LogP contribution < -0.4 is 9.47 Å². The van der Waals surface area contributed by atoms with E-state index in [1.165, 1.54) is 16.1 Å². The second-order valence-corrected chi connectivity index (χ2v) is 10.9. The first kappa shape index (κ1) is 22.4. The van der Waals surface area contributed by atoms with Crippen molar-refractivity contribution in [1.82, 2.24) is 14.2 Å². The Kier molecular flexibility index (Phi) is 6.76. The van der Waals surface area contributed by atoms with Crippen LogP contribution in [0.1, 0.15) is 25.0 Å². The molecule has 2 aliphatic rings. The molecular weight excluding hydrogens is 434 g/mol. The first-order chi connectivity index (χ1) is 14.9. The van der Waals surface area contributed by atoms with Gasteiger partial charge < -0.3 is 14.4 Å². The molecule has 31 heavy (non-hydrogen) atoms. The Morgan fingerprint density at radius 3 is 2.68 bits per heavy atom.